The minimum atomic E-state index is 0.123. The SMILES string of the molecule is CNCC1CCCN(c2n[nH]c(-c3cncc(O)c3)n2)C1. The van der Waals surface area contributed by atoms with E-state index in [4.69, 9.17) is 0 Å². The van der Waals surface area contributed by atoms with Gasteiger partial charge in [0.1, 0.15) is 5.75 Å². The third-order valence-corrected chi connectivity index (χ3v) is 3.77. The van der Waals surface area contributed by atoms with E-state index in [0.717, 1.165) is 31.6 Å². The molecule has 0 bridgehead atoms. The van der Waals surface area contributed by atoms with Crippen molar-refractivity contribution in [2.24, 2.45) is 5.92 Å². The third-order valence-electron chi connectivity index (χ3n) is 3.77. The van der Waals surface area contributed by atoms with Gasteiger partial charge < -0.3 is 15.3 Å². The summed E-state index contributed by atoms with van der Waals surface area (Å²) in [6.45, 7) is 2.97. The van der Waals surface area contributed by atoms with E-state index in [2.05, 4.69) is 30.4 Å². The Labute approximate surface area is 123 Å². The summed E-state index contributed by atoms with van der Waals surface area (Å²) in [5, 5.41) is 19.9. The van der Waals surface area contributed by atoms with Gasteiger partial charge in [0.25, 0.3) is 0 Å². The Hall–Kier alpha value is -2.15. The van der Waals surface area contributed by atoms with Crippen LogP contribution < -0.4 is 10.2 Å². The molecule has 0 spiro atoms. The fourth-order valence-electron chi connectivity index (χ4n) is 2.78. The molecular formula is C14H20N6O. The van der Waals surface area contributed by atoms with E-state index in [1.807, 2.05) is 7.05 Å². The molecule has 1 saturated heterocycles. The summed E-state index contributed by atoms with van der Waals surface area (Å²) >= 11 is 0. The lowest BCUT2D eigenvalue weighted by Crippen LogP contribution is -2.39. The first-order valence-electron chi connectivity index (χ1n) is 7.22. The van der Waals surface area contributed by atoms with Crippen LogP contribution in [0.4, 0.5) is 5.95 Å². The second-order valence-corrected chi connectivity index (χ2v) is 5.43. The molecule has 0 amide bonds. The van der Waals surface area contributed by atoms with Crippen LogP contribution in [-0.4, -0.2) is 52.0 Å². The molecule has 3 heterocycles. The number of aromatic hydroxyl groups is 1. The quantitative estimate of drug-likeness (QED) is 0.778. The molecule has 7 heteroatoms. The van der Waals surface area contributed by atoms with Gasteiger partial charge in [-0.3, -0.25) is 10.1 Å². The fourth-order valence-corrected chi connectivity index (χ4v) is 2.78. The number of piperidine rings is 1. The maximum Gasteiger partial charge on any atom is 0.245 e. The van der Waals surface area contributed by atoms with Crippen molar-refractivity contribution in [2.75, 3.05) is 31.6 Å². The summed E-state index contributed by atoms with van der Waals surface area (Å²) in [5.74, 6) is 2.10. The van der Waals surface area contributed by atoms with Gasteiger partial charge in [-0.25, -0.2) is 0 Å². The number of nitrogens with zero attached hydrogens (tertiary/aromatic N) is 4. The number of aromatic nitrogens is 4. The van der Waals surface area contributed by atoms with E-state index in [9.17, 15) is 5.11 Å². The Bertz CT molecular complexity index is 597. The maximum absolute atomic E-state index is 9.48. The van der Waals surface area contributed by atoms with E-state index in [-0.39, 0.29) is 5.75 Å². The normalized spacial score (nSPS) is 18.9. The zero-order valence-electron chi connectivity index (χ0n) is 12.1. The Morgan fingerprint density at radius 3 is 3.19 bits per heavy atom. The molecule has 3 rings (SSSR count). The second-order valence-electron chi connectivity index (χ2n) is 5.43. The van der Waals surface area contributed by atoms with Crippen LogP contribution in [0.5, 0.6) is 5.75 Å². The molecule has 1 aliphatic heterocycles. The highest BCUT2D eigenvalue weighted by Gasteiger charge is 2.22. The fraction of sp³-hybridized carbons (Fsp3) is 0.500. The summed E-state index contributed by atoms with van der Waals surface area (Å²) in [6.07, 6.45) is 5.45. The molecule has 21 heavy (non-hydrogen) atoms. The molecule has 112 valence electrons. The molecule has 1 atom stereocenters. The van der Waals surface area contributed by atoms with Crippen LogP contribution in [0.15, 0.2) is 18.5 Å². The maximum atomic E-state index is 9.48. The van der Waals surface area contributed by atoms with Gasteiger partial charge >= 0.3 is 0 Å². The highest BCUT2D eigenvalue weighted by molar-refractivity contribution is 5.56. The molecule has 1 aliphatic rings. The number of rotatable bonds is 4. The summed E-state index contributed by atoms with van der Waals surface area (Å²) in [7, 11) is 1.98. The largest absolute Gasteiger partial charge is 0.506 e. The van der Waals surface area contributed by atoms with Crippen LogP contribution >= 0.6 is 0 Å². The first kappa shape index (κ1) is 13.8. The van der Waals surface area contributed by atoms with Gasteiger partial charge in [0.15, 0.2) is 5.82 Å². The summed E-state index contributed by atoms with van der Waals surface area (Å²) in [4.78, 5) is 10.7. The van der Waals surface area contributed by atoms with Crippen molar-refractivity contribution >= 4 is 5.95 Å². The number of hydrogen-bond acceptors (Lipinski definition) is 6. The molecule has 1 unspecified atom stereocenters. The predicted octanol–water partition coefficient (Wildman–Crippen LogP) is 1.01. The van der Waals surface area contributed by atoms with Gasteiger partial charge in [-0.1, -0.05) is 0 Å². The highest BCUT2D eigenvalue weighted by atomic mass is 16.3. The van der Waals surface area contributed by atoms with Gasteiger partial charge in [0.2, 0.25) is 5.95 Å². The number of pyridine rings is 1. The van der Waals surface area contributed by atoms with Crippen molar-refractivity contribution in [1.29, 1.82) is 0 Å². The lowest BCUT2D eigenvalue weighted by atomic mass is 9.98. The van der Waals surface area contributed by atoms with Gasteiger partial charge in [0.05, 0.1) is 6.20 Å². The van der Waals surface area contributed by atoms with E-state index >= 15 is 0 Å². The monoisotopic (exact) mass is 288 g/mol. The van der Waals surface area contributed by atoms with Gasteiger partial charge in [0, 0.05) is 24.8 Å². The summed E-state index contributed by atoms with van der Waals surface area (Å²) in [6, 6.07) is 1.62. The molecule has 3 N–H and O–H groups in total. The van der Waals surface area contributed by atoms with E-state index in [0.29, 0.717) is 17.7 Å². The Morgan fingerprint density at radius 2 is 2.38 bits per heavy atom. The molecule has 2 aromatic rings. The zero-order valence-corrected chi connectivity index (χ0v) is 12.1. The molecule has 2 aromatic heterocycles. The average Bonchev–Trinajstić information content (AvgIpc) is 2.98. The zero-order chi connectivity index (χ0) is 14.7. The van der Waals surface area contributed by atoms with E-state index < -0.39 is 0 Å². The lowest BCUT2D eigenvalue weighted by Gasteiger charge is -2.31. The molecule has 0 aromatic carbocycles. The Kier molecular flexibility index (Phi) is 4.01. The smallest absolute Gasteiger partial charge is 0.245 e. The molecule has 0 radical (unpaired) electrons. The first-order chi connectivity index (χ1) is 10.3. The molecule has 0 aliphatic carbocycles. The second kappa shape index (κ2) is 6.09. The van der Waals surface area contributed by atoms with E-state index in [1.165, 1.54) is 12.6 Å². The van der Waals surface area contributed by atoms with Crippen molar-refractivity contribution in [1.82, 2.24) is 25.5 Å². The number of hydrogen-bond donors (Lipinski definition) is 3. The average molecular weight is 288 g/mol. The number of anilines is 1. The van der Waals surface area contributed by atoms with Crippen LogP contribution in [0.25, 0.3) is 11.4 Å². The summed E-state index contributed by atoms with van der Waals surface area (Å²) in [5.41, 5.74) is 0.734. The third kappa shape index (κ3) is 3.13. The highest BCUT2D eigenvalue weighted by Crippen LogP contribution is 2.23. The van der Waals surface area contributed by atoms with E-state index in [1.54, 1.807) is 12.3 Å². The van der Waals surface area contributed by atoms with Crippen LogP contribution in [0.2, 0.25) is 0 Å². The lowest BCUT2D eigenvalue weighted by molar-refractivity contribution is 0.399. The summed E-state index contributed by atoms with van der Waals surface area (Å²) < 4.78 is 0. The van der Waals surface area contributed by atoms with Crippen molar-refractivity contribution in [3.8, 4) is 17.1 Å². The number of aromatic amines is 1. The van der Waals surface area contributed by atoms with Gasteiger partial charge in [-0.2, -0.15) is 4.98 Å². The van der Waals surface area contributed by atoms with Crippen molar-refractivity contribution in [3.63, 3.8) is 0 Å². The molecule has 7 nitrogen and oxygen atoms in total. The van der Waals surface area contributed by atoms with Crippen LogP contribution in [-0.2, 0) is 0 Å². The van der Waals surface area contributed by atoms with Crippen LogP contribution in [0, 0.1) is 5.92 Å². The molecular weight excluding hydrogens is 268 g/mol. The van der Waals surface area contributed by atoms with Crippen molar-refractivity contribution in [3.05, 3.63) is 18.5 Å². The van der Waals surface area contributed by atoms with Crippen molar-refractivity contribution < 1.29 is 5.11 Å². The number of nitrogens with one attached hydrogen (secondary N) is 2. The van der Waals surface area contributed by atoms with Gasteiger partial charge in [-0.05, 0) is 38.4 Å². The Balaban J connectivity index is 1.75. The van der Waals surface area contributed by atoms with Crippen molar-refractivity contribution in [2.45, 2.75) is 12.8 Å². The minimum absolute atomic E-state index is 0.123. The molecule has 0 saturated carbocycles. The predicted molar refractivity (Wildman–Crippen MR) is 80.1 cm³/mol. The Morgan fingerprint density at radius 1 is 1.48 bits per heavy atom. The van der Waals surface area contributed by atoms with Crippen LogP contribution in [0.3, 0.4) is 0 Å². The topological polar surface area (TPSA) is 90.0 Å². The van der Waals surface area contributed by atoms with Gasteiger partial charge in [-0.15, -0.1) is 5.10 Å². The minimum Gasteiger partial charge on any atom is -0.506 e. The number of H-pyrrole nitrogens is 1. The first-order valence-corrected chi connectivity index (χ1v) is 7.22. The van der Waals surface area contributed by atoms with Crippen LogP contribution in [0.1, 0.15) is 12.8 Å². The standard InChI is InChI=1S/C14H20N6O/c1-15-6-10-3-2-4-20(9-10)14-17-13(18-19-14)11-5-12(21)8-16-7-11/h5,7-8,10,15,21H,2-4,6,9H2,1H3,(H,17,18,19). The molecule has 1 fully saturated rings.